The molecule has 120 valence electrons. The average Bonchev–Trinajstić information content (AvgIpc) is 2.35. The summed E-state index contributed by atoms with van der Waals surface area (Å²) in [6.07, 6.45) is 0.834. The van der Waals surface area contributed by atoms with Gasteiger partial charge in [-0.2, -0.15) is 16.8 Å². The fraction of sp³-hybridized carbons (Fsp3) is 0.222. The van der Waals surface area contributed by atoms with Crippen LogP contribution in [-0.2, 0) is 40.7 Å². The maximum atomic E-state index is 10.2. The molecule has 0 unspecified atom stereocenters. The van der Waals surface area contributed by atoms with Crippen LogP contribution >= 0.6 is 0 Å². The van der Waals surface area contributed by atoms with Crippen molar-refractivity contribution in [3.63, 3.8) is 0 Å². The molecule has 1 rings (SSSR count). The minimum atomic E-state index is -5.02. The second kappa shape index (κ2) is 8.66. The van der Waals surface area contributed by atoms with E-state index in [4.69, 9.17) is 14.2 Å². The highest BCUT2D eigenvalue weighted by Gasteiger charge is 2.13. The van der Waals surface area contributed by atoms with Crippen LogP contribution < -0.4 is 0 Å². The molecule has 0 bridgehead atoms. The van der Waals surface area contributed by atoms with Gasteiger partial charge < -0.3 is 5.11 Å². The first-order valence-corrected chi connectivity index (χ1v) is 7.81. The van der Waals surface area contributed by atoms with Gasteiger partial charge in [0.15, 0.2) is 0 Å². The van der Waals surface area contributed by atoms with Gasteiger partial charge in [0.1, 0.15) is 0 Å². The molecule has 1 aromatic rings. The van der Waals surface area contributed by atoms with Gasteiger partial charge in [-0.05, 0) is 12.0 Å². The Balaban J connectivity index is 0.000000384. The molecule has 0 atom stereocenters. The molecule has 0 amide bonds. The first kappa shape index (κ1) is 19.4. The smallest absolute Gasteiger partial charge is 0.425 e. The van der Waals surface area contributed by atoms with Crippen LogP contribution in [0.25, 0.3) is 0 Å². The first-order chi connectivity index (χ1) is 9.49. The Hall–Kier alpha value is -1.57. The fourth-order valence-corrected chi connectivity index (χ4v) is 1.53. The summed E-state index contributed by atoms with van der Waals surface area (Å²) in [4.78, 5) is 10.2. The third kappa shape index (κ3) is 14.6. The standard InChI is InChI=1S/C9H10O2.H2O8S2/c10-9(11)7-6-8-4-2-1-3-5-8;1-9(2,3)7-8-10(4,5)6/h1-5H,6-7H2,(H,10,11);(H,1,2,3)(H,4,5,6). The summed E-state index contributed by atoms with van der Waals surface area (Å²) >= 11 is 0. The summed E-state index contributed by atoms with van der Waals surface area (Å²) in [5.74, 6) is -0.742. The van der Waals surface area contributed by atoms with E-state index in [1.54, 1.807) is 0 Å². The predicted molar refractivity (Wildman–Crippen MR) is 67.7 cm³/mol. The van der Waals surface area contributed by atoms with Crippen LogP contribution in [0.5, 0.6) is 0 Å². The van der Waals surface area contributed by atoms with Crippen LogP contribution in [-0.4, -0.2) is 37.0 Å². The van der Waals surface area contributed by atoms with Crippen molar-refractivity contribution in [3.8, 4) is 0 Å². The number of rotatable bonds is 6. The molecule has 0 aromatic heterocycles. The Bertz CT molecular complexity index is 602. The van der Waals surface area contributed by atoms with E-state index in [2.05, 4.69) is 8.67 Å². The number of carboxylic acid groups (broad SMARTS) is 1. The topological polar surface area (TPSA) is 164 Å². The SMILES string of the molecule is O=C(O)CCc1ccccc1.O=S(=O)(O)OOS(=O)(=O)O. The van der Waals surface area contributed by atoms with Crippen LogP contribution in [0.1, 0.15) is 12.0 Å². The molecule has 0 spiro atoms. The molecular weight excluding hydrogens is 332 g/mol. The summed E-state index contributed by atoms with van der Waals surface area (Å²) in [7, 11) is -10.0. The minimum absolute atomic E-state index is 0.212. The molecule has 0 fully saturated rings. The summed E-state index contributed by atoms with van der Waals surface area (Å²) in [6, 6.07) is 9.62. The maximum Gasteiger partial charge on any atom is 0.425 e. The number of carboxylic acids is 1. The molecule has 10 nitrogen and oxygen atoms in total. The van der Waals surface area contributed by atoms with Gasteiger partial charge in [-0.3, -0.25) is 13.9 Å². The molecule has 0 aliphatic rings. The molecule has 1 aromatic carbocycles. The highest BCUT2D eigenvalue weighted by Crippen LogP contribution is 2.01. The van der Waals surface area contributed by atoms with Gasteiger partial charge >= 0.3 is 26.8 Å². The Morgan fingerprint density at radius 3 is 1.71 bits per heavy atom. The molecular formula is C9H12O10S2. The van der Waals surface area contributed by atoms with Gasteiger partial charge in [-0.15, -0.1) is 0 Å². The zero-order chi connectivity index (χ0) is 16.5. The van der Waals surface area contributed by atoms with Gasteiger partial charge in [0, 0.05) is 6.42 Å². The monoisotopic (exact) mass is 344 g/mol. The van der Waals surface area contributed by atoms with E-state index in [9.17, 15) is 21.6 Å². The Kier molecular flexibility index (Phi) is 8.01. The minimum Gasteiger partial charge on any atom is -0.481 e. The van der Waals surface area contributed by atoms with Crippen LogP contribution in [0.4, 0.5) is 0 Å². The number of carbonyl (C=O) groups is 1. The largest absolute Gasteiger partial charge is 0.481 e. The summed E-state index contributed by atoms with van der Waals surface area (Å²) in [5, 5.41) is 8.37. The molecule has 0 saturated carbocycles. The molecule has 0 aliphatic heterocycles. The van der Waals surface area contributed by atoms with E-state index in [0.29, 0.717) is 6.42 Å². The molecule has 12 heteroatoms. The van der Waals surface area contributed by atoms with Crippen LogP contribution in [0.3, 0.4) is 0 Å². The third-order valence-corrected chi connectivity index (χ3v) is 2.24. The zero-order valence-corrected chi connectivity index (χ0v) is 11.9. The molecule has 0 radical (unpaired) electrons. The van der Waals surface area contributed by atoms with E-state index in [1.165, 1.54) is 0 Å². The predicted octanol–water partition coefficient (Wildman–Crippen LogP) is 0.244. The molecule has 0 saturated heterocycles. The number of aryl methyl sites for hydroxylation is 1. The lowest BCUT2D eigenvalue weighted by atomic mass is 10.1. The number of hydrogen-bond acceptors (Lipinski definition) is 7. The summed E-state index contributed by atoms with van der Waals surface area (Å²) in [6.45, 7) is 0. The van der Waals surface area contributed by atoms with Gasteiger partial charge in [0.25, 0.3) is 0 Å². The van der Waals surface area contributed by atoms with E-state index >= 15 is 0 Å². The molecule has 0 aliphatic carbocycles. The molecule has 0 heterocycles. The second-order valence-corrected chi connectivity index (χ2v) is 5.35. The highest BCUT2D eigenvalue weighted by atomic mass is 32.3. The average molecular weight is 344 g/mol. The first-order valence-electron chi connectivity index (χ1n) is 5.08. The van der Waals surface area contributed by atoms with Crippen molar-refractivity contribution in [1.29, 1.82) is 0 Å². The Morgan fingerprint density at radius 1 is 0.952 bits per heavy atom. The lowest BCUT2D eigenvalue weighted by Crippen LogP contribution is -2.10. The third-order valence-electron chi connectivity index (χ3n) is 1.67. The fourth-order valence-electron chi connectivity index (χ4n) is 0.966. The van der Waals surface area contributed by atoms with Gasteiger partial charge in [-0.25, -0.2) is 0 Å². The summed E-state index contributed by atoms with van der Waals surface area (Å²) in [5.41, 5.74) is 1.08. The number of aliphatic carboxylic acids is 1. The van der Waals surface area contributed by atoms with Gasteiger partial charge in [-0.1, -0.05) is 39.0 Å². The van der Waals surface area contributed by atoms with Crippen molar-refractivity contribution in [3.05, 3.63) is 35.9 Å². The van der Waals surface area contributed by atoms with Crippen LogP contribution in [0, 0.1) is 0 Å². The van der Waals surface area contributed by atoms with Crippen molar-refractivity contribution >= 4 is 26.8 Å². The van der Waals surface area contributed by atoms with E-state index in [1.807, 2.05) is 30.3 Å². The van der Waals surface area contributed by atoms with Crippen molar-refractivity contribution in [1.82, 2.24) is 0 Å². The Morgan fingerprint density at radius 2 is 1.38 bits per heavy atom. The number of hydrogen-bond donors (Lipinski definition) is 3. The summed E-state index contributed by atoms with van der Waals surface area (Å²) < 4.78 is 58.9. The van der Waals surface area contributed by atoms with Crippen molar-refractivity contribution in [2.24, 2.45) is 0 Å². The highest BCUT2D eigenvalue weighted by molar-refractivity contribution is 7.83. The van der Waals surface area contributed by atoms with Crippen molar-refractivity contribution < 1.29 is 44.5 Å². The van der Waals surface area contributed by atoms with E-state index in [0.717, 1.165) is 5.56 Å². The lowest BCUT2D eigenvalue weighted by Gasteiger charge is -1.95. The van der Waals surface area contributed by atoms with Gasteiger partial charge in [0.05, 0.1) is 0 Å². The normalized spacial score (nSPS) is 11.3. The number of benzene rings is 1. The van der Waals surface area contributed by atoms with Gasteiger partial charge in [0.2, 0.25) is 0 Å². The van der Waals surface area contributed by atoms with Crippen LogP contribution in [0.15, 0.2) is 30.3 Å². The lowest BCUT2D eigenvalue weighted by molar-refractivity contribution is -0.136. The Labute approximate surface area is 120 Å². The van der Waals surface area contributed by atoms with Crippen LogP contribution in [0.2, 0.25) is 0 Å². The van der Waals surface area contributed by atoms with E-state index in [-0.39, 0.29) is 6.42 Å². The van der Waals surface area contributed by atoms with Crippen molar-refractivity contribution in [2.75, 3.05) is 0 Å². The quantitative estimate of drug-likeness (QED) is 0.370. The maximum absolute atomic E-state index is 10.2. The van der Waals surface area contributed by atoms with Crippen molar-refractivity contribution in [2.45, 2.75) is 12.8 Å². The second-order valence-electron chi connectivity index (χ2n) is 3.37. The zero-order valence-electron chi connectivity index (χ0n) is 10.3. The van der Waals surface area contributed by atoms with E-state index < -0.39 is 26.8 Å². The molecule has 3 N–H and O–H groups in total. The molecule has 21 heavy (non-hydrogen) atoms.